The van der Waals surface area contributed by atoms with Crippen LogP contribution in [0.1, 0.15) is 37.6 Å². The van der Waals surface area contributed by atoms with E-state index in [1.807, 2.05) is 13.8 Å². The summed E-state index contributed by atoms with van der Waals surface area (Å²) in [7, 11) is 2.89. The number of halogens is 1. The van der Waals surface area contributed by atoms with Gasteiger partial charge in [0.25, 0.3) is 5.91 Å². The van der Waals surface area contributed by atoms with Crippen LogP contribution in [-0.4, -0.2) is 50.0 Å². The summed E-state index contributed by atoms with van der Waals surface area (Å²) >= 11 is 6.25. The monoisotopic (exact) mass is 387 g/mol. The molecule has 1 rings (SSSR count). The number of hydrogen-bond acceptors (Lipinski definition) is 5. The molecular formula is C18H26ClNO6. The summed E-state index contributed by atoms with van der Waals surface area (Å²) in [5, 5.41) is 12.0. The standard InChI is InChI=1S/C18H26ClNO6/c1-11(2)9-26-16-13(19)6-12(7-14(16)25-5)17(23)20-18(3,10-24-4)8-15(21)22/h6-7,11H,8-10H2,1-5H3,(H,20,23)(H,21,22). The molecule has 0 fully saturated rings. The van der Waals surface area contributed by atoms with Crippen LogP contribution in [0.5, 0.6) is 11.5 Å². The summed E-state index contributed by atoms with van der Waals surface area (Å²) in [5.41, 5.74) is -0.832. The Bertz CT molecular complexity index is 649. The maximum absolute atomic E-state index is 12.6. The van der Waals surface area contributed by atoms with Gasteiger partial charge in [-0.3, -0.25) is 9.59 Å². The Labute approximate surface area is 158 Å². The molecule has 0 heterocycles. The fraction of sp³-hybridized carbons (Fsp3) is 0.556. The molecule has 1 atom stereocenters. The molecule has 1 amide bonds. The second-order valence-corrected chi connectivity index (χ2v) is 7.12. The van der Waals surface area contributed by atoms with Crippen molar-refractivity contribution in [3.63, 3.8) is 0 Å². The highest BCUT2D eigenvalue weighted by Crippen LogP contribution is 2.36. The minimum absolute atomic E-state index is 0.0471. The zero-order valence-corrected chi connectivity index (χ0v) is 16.5. The Morgan fingerprint density at radius 3 is 2.46 bits per heavy atom. The van der Waals surface area contributed by atoms with Gasteiger partial charge in [-0.15, -0.1) is 0 Å². The Morgan fingerprint density at radius 1 is 1.31 bits per heavy atom. The molecule has 1 aromatic carbocycles. The lowest BCUT2D eigenvalue weighted by Gasteiger charge is -2.28. The highest BCUT2D eigenvalue weighted by atomic mass is 35.5. The Kier molecular flexibility index (Phi) is 8.17. The van der Waals surface area contributed by atoms with Crippen LogP contribution in [-0.2, 0) is 9.53 Å². The molecule has 2 N–H and O–H groups in total. The van der Waals surface area contributed by atoms with Crippen LogP contribution in [0, 0.1) is 5.92 Å². The average molecular weight is 388 g/mol. The largest absolute Gasteiger partial charge is 0.493 e. The average Bonchev–Trinajstić information content (AvgIpc) is 2.51. The molecule has 1 aromatic rings. The van der Waals surface area contributed by atoms with Gasteiger partial charge in [0.05, 0.1) is 37.3 Å². The number of nitrogens with one attached hydrogen (secondary N) is 1. The number of carbonyl (C=O) groups is 2. The Morgan fingerprint density at radius 2 is 1.96 bits per heavy atom. The third-order valence-electron chi connectivity index (χ3n) is 3.47. The minimum atomic E-state index is -1.07. The van der Waals surface area contributed by atoms with Crippen molar-refractivity contribution in [3.8, 4) is 11.5 Å². The topological polar surface area (TPSA) is 94.1 Å². The van der Waals surface area contributed by atoms with E-state index in [1.165, 1.54) is 26.4 Å². The number of ether oxygens (including phenoxy) is 3. The first kappa shape index (κ1) is 22.1. The fourth-order valence-electron chi connectivity index (χ4n) is 2.37. The molecule has 1 unspecified atom stereocenters. The van der Waals surface area contributed by atoms with E-state index in [9.17, 15) is 9.59 Å². The van der Waals surface area contributed by atoms with E-state index in [2.05, 4.69) is 5.32 Å². The van der Waals surface area contributed by atoms with Gasteiger partial charge in [0.2, 0.25) is 0 Å². The number of methoxy groups -OCH3 is 2. The van der Waals surface area contributed by atoms with Crippen molar-refractivity contribution in [1.29, 1.82) is 0 Å². The van der Waals surface area contributed by atoms with Gasteiger partial charge in [-0.1, -0.05) is 25.4 Å². The molecular weight excluding hydrogens is 362 g/mol. The smallest absolute Gasteiger partial charge is 0.305 e. The predicted molar refractivity (Wildman–Crippen MR) is 98.3 cm³/mol. The number of carboxylic acids is 1. The second kappa shape index (κ2) is 9.64. The first-order chi connectivity index (χ1) is 12.1. The van der Waals surface area contributed by atoms with E-state index in [0.29, 0.717) is 24.0 Å². The fourth-order valence-corrected chi connectivity index (χ4v) is 2.64. The molecule has 0 radical (unpaired) electrons. The van der Waals surface area contributed by atoms with Crippen molar-refractivity contribution in [1.82, 2.24) is 5.32 Å². The molecule has 0 saturated heterocycles. The van der Waals surface area contributed by atoms with Gasteiger partial charge in [-0.2, -0.15) is 0 Å². The number of rotatable bonds is 10. The van der Waals surface area contributed by atoms with Gasteiger partial charge in [-0.05, 0) is 25.0 Å². The van der Waals surface area contributed by atoms with Crippen LogP contribution < -0.4 is 14.8 Å². The lowest BCUT2D eigenvalue weighted by molar-refractivity contribution is -0.139. The van der Waals surface area contributed by atoms with Crippen molar-refractivity contribution in [3.05, 3.63) is 22.7 Å². The second-order valence-electron chi connectivity index (χ2n) is 6.71. The molecule has 0 aliphatic heterocycles. The van der Waals surface area contributed by atoms with Gasteiger partial charge in [0, 0.05) is 12.7 Å². The van der Waals surface area contributed by atoms with E-state index < -0.39 is 17.4 Å². The van der Waals surface area contributed by atoms with Gasteiger partial charge in [-0.25, -0.2) is 0 Å². The quantitative estimate of drug-likeness (QED) is 0.641. The molecule has 0 saturated carbocycles. The highest BCUT2D eigenvalue weighted by Gasteiger charge is 2.30. The predicted octanol–water partition coefficient (Wildman–Crippen LogP) is 2.99. The molecule has 0 spiro atoms. The van der Waals surface area contributed by atoms with Crippen molar-refractivity contribution in [2.45, 2.75) is 32.7 Å². The molecule has 26 heavy (non-hydrogen) atoms. The third-order valence-corrected chi connectivity index (χ3v) is 3.75. The first-order valence-corrected chi connectivity index (χ1v) is 8.53. The SMILES string of the molecule is COCC(C)(CC(=O)O)NC(=O)c1cc(Cl)c(OCC(C)C)c(OC)c1. The molecule has 0 bridgehead atoms. The van der Waals surface area contributed by atoms with E-state index >= 15 is 0 Å². The summed E-state index contributed by atoms with van der Waals surface area (Å²) in [6.45, 7) is 6.10. The summed E-state index contributed by atoms with van der Waals surface area (Å²) < 4.78 is 16.0. The molecule has 7 nitrogen and oxygen atoms in total. The normalized spacial score (nSPS) is 13.2. The number of hydrogen-bond donors (Lipinski definition) is 2. The van der Waals surface area contributed by atoms with E-state index in [0.717, 1.165) is 0 Å². The lowest BCUT2D eigenvalue weighted by Crippen LogP contribution is -2.50. The van der Waals surface area contributed by atoms with Crippen LogP contribution in [0.15, 0.2) is 12.1 Å². The van der Waals surface area contributed by atoms with Crippen LogP contribution in [0.4, 0.5) is 0 Å². The molecule has 0 aromatic heterocycles. The minimum Gasteiger partial charge on any atom is -0.493 e. The summed E-state index contributed by atoms with van der Waals surface area (Å²) in [6, 6.07) is 2.97. The van der Waals surface area contributed by atoms with E-state index in [-0.39, 0.29) is 23.6 Å². The van der Waals surface area contributed by atoms with Crippen LogP contribution in [0.25, 0.3) is 0 Å². The Balaban J connectivity index is 3.08. The maximum atomic E-state index is 12.6. The zero-order valence-electron chi connectivity index (χ0n) is 15.7. The summed E-state index contributed by atoms with van der Waals surface area (Å²) in [4.78, 5) is 23.7. The van der Waals surface area contributed by atoms with E-state index in [4.69, 9.17) is 30.9 Å². The molecule has 0 aliphatic carbocycles. The van der Waals surface area contributed by atoms with Gasteiger partial charge < -0.3 is 24.6 Å². The molecule has 8 heteroatoms. The summed E-state index contributed by atoms with van der Waals surface area (Å²) in [6.07, 6.45) is -0.285. The maximum Gasteiger partial charge on any atom is 0.305 e. The van der Waals surface area contributed by atoms with Crippen LogP contribution in [0.2, 0.25) is 5.02 Å². The van der Waals surface area contributed by atoms with E-state index in [1.54, 1.807) is 6.92 Å². The molecule has 0 aliphatic rings. The van der Waals surface area contributed by atoms with Gasteiger partial charge >= 0.3 is 5.97 Å². The zero-order chi connectivity index (χ0) is 19.9. The van der Waals surface area contributed by atoms with Crippen molar-refractivity contribution in [2.24, 2.45) is 5.92 Å². The number of amides is 1. The number of benzene rings is 1. The summed E-state index contributed by atoms with van der Waals surface area (Å²) in [5.74, 6) is -0.539. The third kappa shape index (κ3) is 6.38. The first-order valence-electron chi connectivity index (χ1n) is 8.15. The van der Waals surface area contributed by atoms with Gasteiger partial charge in [0.1, 0.15) is 0 Å². The Hall–Kier alpha value is -1.99. The van der Waals surface area contributed by atoms with Crippen molar-refractivity contribution in [2.75, 3.05) is 27.4 Å². The number of carboxylic acid groups (broad SMARTS) is 1. The number of aliphatic carboxylic acids is 1. The van der Waals surface area contributed by atoms with Crippen molar-refractivity contribution >= 4 is 23.5 Å². The lowest BCUT2D eigenvalue weighted by atomic mass is 9.98. The molecule has 146 valence electrons. The highest BCUT2D eigenvalue weighted by molar-refractivity contribution is 6.32. The number of carbonyl (C=O) groups excluding carboxylic acids is 1. The van der Waals surface area contributed by atoms with Crippen LogP contribution >= 0.6 is 11.6 Å². The van der Waals surface area contributed by atoms with Crippen molar-refractivity contribution < 1.29 is 28.9 Å². The van der Waals surface area contributed by atoms with Gasteiger partial charge in [0.15, 0.2) is 11.5 Å². The van der Waals surface area contributed by atoms with Crippen LogP contribution in [0.3, 0.4) is 0 Å².